The highest BCUT2D eigenvalue weighted by molar-refractivity contribution is 6.31. The minimum absolute atomic E-state index is 0.370. The molecule has 0 aliphatic heterocycles. The lowest BCUT2D eigenvalue weighted by Gasteiger charge is -2.06. The summed E-state index contributed by atoms with van der Waals surface area (Å²) >= 11 is 11.8. The van der Waals surface area contributed by atoms with Crippen LogP contribution in [0.3, 0.4) is 0 Å². The van der Waals surface area contributed by atoms with Crippen molar-refractivity contribution in [1.82, 2.24) is 4.98 Å². The van der Waals surface area contributed by atoms with E-state index in [1.165, 1.54) is 0 Å². The molecule has 2 aromatic rings. The summed E-state index contributed by atoms with van der Waals surface area (Å²) in [5, 5.41) is 1.47. The van der Waals surface area contributed by atoms with Crippen LogP contribution in [0.4, 0.5) is 0 Å². The summed E-state index contributed by atoms with van der Waals surface area (Å²) < 4.78 is 5.40. The summed E-state index contributed by atoms with van der Waals surface area (Å²) in [6.07, 6.45) is 0. The number of alkyl halides is 1. The first-order valence-corrected chi connectivity index (χ1v) is 5.93. The fraction of sp³-hybridized carbons (Fsp3) is 0.250. The third kappa shape index (κ3) is 2.23. The van der Waals surface area contributed by atoms with Gasteiger partial charge < -0.3 is 4.74 Å². The predicted molar refractivity (Wildman–Crippen MR) is 67.5 cm³/mol. The van der Waals surface area contributed by atoms with Crippen molar-refractivity contribution < 1.29 is 4.74 Å². The van der Waals surface area contributed by atoms with Crippen molar-refractivity contribution in [2.75, 3.05) is 6.61 Å². The topological polar surface area (TPSA) is 22.1 Å². The third-order valence-corrected chi connectivity index (χ3v) is 2.89. The number of ether oxygens (including phenoxy) is 1. The zero-order valence-corrected chi connectivity index (χ0v) is 10.3. The molecule has 0 fully saturated rings. The van der Waals surface area contributed by atoms with Gasteiger partial charge in [-0.25, -0.2) is 4.98 Å². The Morgan fingerprint density at radius 1 is 1.31 bits per heavy atom. The van der Waals surface area contributed by atoms with Crippen molar-refractivity contribution >= 4 is 34.1 Å². The van der Waals surface area contributed by atoms with Crippen molar-refractivity contribution in [2.45, 2.75) is 12.8 Å². The molecule has 1 aromatic heterocycles. The van der Waals surface area contributed by atoms with Gasteiger partial charge in [-0.1, -0.05) is 11.6 Å². The van der Waals surface area contributed by atoms with Crippen molar-refractivity contribution in [3.8, 4) is 5.75 Å². The molecule has 0 atom stereocenters. The van der Waals surface area contributed by atoms with Gasteiger partial charge in [-0.2, -0.15) is 0 Å². The Hall–Kier alpha value is -0.990. The number of nitrogens with zero attached hydrogens (tertiary/aromatic N) is 1. The summed E-state index contributed by atoms with van der Waals surface area (Å²) in [7, 11) is 0. The summed E-state index contributed by atoms with van der Waals surface area (Å²) in [6, 6.07) is 7.70. The molecule has 84 valence electrons. The summed E-state index contributed by atoms with van der Waals surface area (Å²) in [4.78, 5) is 4.29. The van der Waals surface area contributed by atoms with Gasteiger partial charge in [-0.3, -0.25) is 0 Å². The summed E-state index contributed by atoms with van der Waals surface area (Å²) in [6.45, 7) is 2.58. The maximum Gasteiger partial charge on any atom is 0.134 e. The molecule has 0 amide bonds. The van der Waals surface area contributed by atoms with Crippen LogP contribution >= 0.6 is 23.2 Å². The molecule has 0 aliphatic rings. The van der Waals surface area contributed by atoms with E-state index in [4.69, 9.17) is 27.9 Å². The van der Waals surface area contributed by atoms with Crippen molar-refractivity contribution in [3.05, 3.63) is 35.0 Å². The largest absolute Gasteiger partial charge is 0.494 e. The molecule has 0 spiro atoms. The van der Waals surface area contributed by atoms with Crippen molar-refractivity contribution in [2.24, 2.45) is 0 Å². The second-order valence-corrected chi connectivity index (χ2v) is 3.98. The van der Waals surface area contributed by atoms with Crippen LogP contribution in [0, 0.1) is 0 Å². The van der Waals surface area contributed by atoms with E-state index in [1.807, 2.05) is 31.2 Å². The van der Waals surface area contributed by atoms with Gasteiger partial charge in [0.05, 0.1) is 18.0 Å². The van der Waals surface area contributed by atoms with Gasteiger partial charge in [-0.15, -0.1) is 11.6 Å². The lowest BCUT2D eigenvalue weighted by Crippen LogP contribution is -1.92. The van der Waals surface area contributed by atoms with E-state index in [-0.39, 0.29) is 0 Å². The molecule has 0 radical (unpaired) electrons. The molecule has 16 heavy (non-hydrogen) atoms. The maximum absolute atomic E-state index is 6.00. The summed E-state index contributed by atoms with van der Waals surface area (Å²) in [5.41, 5.74) is 1.67. The van der Waals surface area contributed by atoms with E-state index in [0.717, 1.165) is 22.2 Å². The van der Waals surface area contributed by atoms with Crippen LogP contribution in [-0.2, 0) is 5.88 Å². The van der Waals surface area contributed by atoms with Gasteiger partial charge in [-0.05, 0) is 25.1 Å². The number of hydrogen-bond acceptors (Lipinski definition) is 2. The van der Waals surface area contributed by atoms with Gasteiger partial charge >= 0.3 is 0 Å². The molecular formula is C12H11Cl2NO. The SMILES string of the molecule is CCOc1ccc2cc(CCl)c(Cl)nc2c1. The number of pyridine rings is 1. The number of fused-ring (bicyclic) bond motifs is 1. The van der Waals surface area contributed by atoms with Gasteiger partial charge in [0.15, 0.2) is 0 Å². The van der Waals surface area contributed by atoms with Crippen LogP contribution < -0.4 is 4.74 Å². The van der Waals surface area contributed by atoms with Crippen LogP contribution in [0.25, 0.3) is 10.9 Å². The van der Waals surface area contributed by atoms with Crippen LogP contribution in [0.5, 0.6) is 5.75 Å². The first kappa shape index (κ1) is 11.5. The van der Waals surface area contributed by atoms with E-state index in [0.29, 0.717) is 17.6 Å². The Morgan fingerprint density at radius 3 is 2.81 bits per heavy atom. The Labute approximate surface area is 104 Å². The first-order valence-electron chi connectivity index (χ1n) is 5.02. The first-order chi connectivity index (χ1) is 7.74. The Bertz CT molecular complexity index is 514. The van der Waals surface area contributed by atoms with E-state index in [9.17, 15) is 0 Å². The highest BCUT2D eigenvalue weighted by atomic mass is 35.5. The van der Waals surface area contributed by atoms with Crippen LogP contribution in [0.1, 0.15) is 12.5 Å². The molecule has 1 aromatic carbocycles. The zero-order valence-electron chi connectivity index (χ0n) is 8.84. The second-order valence-electron chi connectivity index (χ2n) is 3.36. The van der Waals surface area contributed by atoms with E-state index in [2.05, 4.69) is 4.98 Å². The molecule has 0 aliphatic carbocycles. The van der Waals surface area contributed by atoms with Crippen LogP contribution in [0.15, 0.2) is 24.3 Å². The maximum atomic E-state index is 6.00. The average molecular weight is 256 g/mol. The van der Waals surface area contributed by atoms with E-state index >= 15 is 0 Å². The van der Waals surface area contributed by atoms with Crippen molar-refractivity contribution in [3.63, 3.8) is 0 Å². The average Bonchev–Trinajstić information content (AvgIpc) is 2.28. The molecule has 0 saturated heterocycles. The minimum Gasteiger partial charge on any atom is -0.494 e. The lowest BCUT2D eigenvalue weighted by molar-refractivity contribution is 0.340. The standard InChI is InChI=1S/C12H11Cl2NO/c1-2-16-10-4-3-8-5-9(7-13)12(14)15-11(8)6-10/h3-6H,2,7H2,1H3. The number of hydrogen-bond donors (Lipinski definition) is 0. The molecule has 0 N–H and O–H groups in total. The third-order valence-electron chi connectivity index (χ3n) is 2.27. The smallest absolute Gasteiger partial charge is 0.134 e. The molecule has 0 bridgehead atoms. The monoisotopic (exact) mass is 255 g/mol. The minimum atomic E-state index is 0.370. The quantitative estimate of drug-likeness (QED) is 0.611. The molecule has 0 unspecified atom stereocenters. The Kier molecular flexibility index (Phi) is 3.52. The normalized spacial score (nSPS) is 10.7. The van der Waals surface area contributed by atoms with E-state index < -0.39 is 0 Å². The molecule has 4 heteroatoms. The summed E-state index contributed by atoms with van der Waals surface area (Å²) in [5.74, 6) is 1.17. The Morgan fingerprint density at radius 2 is 2.12 bits per heavy atom. The number of aromatic nitrogens is 1. The van der Waals surface area contributed by atoms with Gasteiger partial charge in [0.2, 0.25) is 0 Å². The molecule has 1 heterocycles. The molecule has 2 nitrogen and oxygen atoms in total. The lowest BCUT2D eigenvalue weighted by atomic mass is 10.1. The zero-order chi connectivity index (χ0) is 11.5. The van der Waals surface area contributed by atoms with Crippen LogP contribution in [-0.4, -0.2) is 11.6 Å². The van der Waals surface area contributed by atoms with Gasteiger partial charge in [0.1, 0.15) is 10.9 Å². The molecule has 2 rings (SSSR count). The highest BCUT2D eigenvalue weighted by Crippen LogP contribution is 2.25. The number of rotatable bonds is 3. The fourth-order valence-electron chi connectivity index (χ4n) is 1.52. The van der Waals surface area contributed by atoms with Crippen molar-refractivity contribution in [1.29, 1.82) is 0 Å². The highest BCUT2D eigenvalue weighted by Gasteiger charge is 2.05. The van der Waals surface area contributed by atoms with Crippen LogP contribution in [0.2, 0.25) is 5.15 Å². The fourth-order valence-corrected chi connectivity index (χ4v) is 2.00. The molecular weight excluding hydrogens is 245 g/mol. The molecule has 0 saturated carbocycles. The second kappa shape index (κ2) is 4.89. The Balaban J connectivity index is 2.53. The van der Waals surface area contributed by atoms with Gasteiger partial charge in [0, 0.05) is 17.0 Å². The predicted octanol–water partition coefficient (Wildman–Crippen LogP) is 4.03. The number of halogens is 2. The number of benzene rings is 1. The van der Waals surface area contributed by atoms with E-state index in [1.54, 1.807) is 0 Å². The van der Waals surface area contributed by atoms with Gasteiger partial charge in [0.25, 0.3) is 0 Å².